The third-order valence-electron chi connectivity index (χ3n) is 4.21. The summed E-state index contributed by atoms with van der Waals surface area (Å²) in [7, 11) is 1.76. The molecule has 2 N–H and O–H groups in total. The summed E-state index contributed by atoms with van der Waals surface area (Å²) in [5, 5.41) is 0. The minimum Gasteiger partial charge on any atom is -0.381 e. The van der Waals surface area contributed by atoms with E-state index in [1.54, 1.807) is 7.11 Å². The summed E-state index contributed by atoms with van der Waals surface area (Å²) in [6, 6.07) is 0.295. The van der Waals surface area contributed by atoms with Crippen molar-refractivity contribution < 1.29 is 9.53 Å². The fraction of sp³-hybridized carbons (Fsp3) is 0.923. The van der Waals surface area contributed by atoms with Crippen LogP contribution in [0.25, 0.3) is 0 Å². The lowest BCUT2D eigenvalue weighted by Crippen LogP contribution is -2.46. The van der Waals surface area contributed by atoms with Crippen LogP contribution in [0.2, 0.25) is 0 Å². The SMILES string of the molecule is COC1CCC(C(=O)N2CCC(N)CC2)CC1. The number of rotatable bonds is 2. The summed E-state index contributed by atoms with van der Waals surface area (Å²) >= 11 is 0. The highest BCUT2D eigenvalue weighted by Crippen LogP contribution is 2.28. The van der Waals surface area contributed by atoms with Gasteiger partial charge in [0.25, 0.3) is 0 Å². The first-order valence-electron chi connectivity index (χ1n) is 6.78. The molecule has 0 bridgehead atoms. The zero-order chi connectivity index (χ0) is 12.3. The number of carbonyl (C=O) groups is 1. The van der Waals surface area contributed by atoms with Gasteiger partial charge in [0, 0.05) is 32.2 Å². The van der Waals surface area contributed by atoms with Crippen molar-refractivity contribution in [1.29, 1.82) is 0 Å². The maximum absolute atomic E-state index is 12.3. The Balaban J connectivity index is 1.80. The molecule has 1 saturated carbocycles. The van der Waals surface area contributed by atoms with Gasteiger partial charge in [-0.25, -0.2) is 0 Å². The van der Waals surface area contributed by atoms with Crippen LogP contribution in [0.5, 0.6) is 0 Å². The van der Waals surface area contributed by atoms with Crippen molar-refractivity contribution in [2.75, 3.05) is 20.2 Å². The van der Waals surface area contributed by atoms with Gasteiger partial charge in [0.05, 0.1) is 6.10 Å². The molecule has 0 aromatic rings. The van der Waals surface area contributed by atoms with Gasteiger partial charge in [0.15, 0.2) is 0 Å². The Morgan fingerprint density at radius 1 is 1.12 bits per heavy atom. The zero-order valence-corrected chi connectivity index (χ0v) is 10.7. The van der Waals surface area contributed by atoms with Gasteiger partial charge < -0.3 is 15.4 Å². The molecule has 1 saturated heterocycles. The van der Waals surface area contributed by atoms with Gasteiger partial charge in [0.2, 0.25) is 5.91 Å². The molecule has 4 nitrogen and oxygen atoms in total. The number of methoxy groups -OCH3 is 1. The third-order valence-corrected chi connectivity index (χ3v) is 4.21. The molecule has 1 aliphatic carbocycles. The third kappa shape index (κ3) is 3.19. The lowest BCUT2D eigenvalue weighted by atomic mass is 9.86. The molecule has 4 heteroatoms. The van der Waals surface area contributed by atoms with Crippen LogP contribution in [-0.4, -0.2) is 43.2 Å². The summed E-state index contributed by atoms with van der Waals surface area (Å²) in [6.07, 6.45) is 6.31. The standard InChI is InChI=1S/C13H24N2O2/c1-17-12-4-2-10(3-5-12)13(16)15-8-6-11(14)7-9-15/h10-12H,2-9,14H2,1H3. The molecule has 0 atom stereocenters. The Kier molecular flexibility index (Phi) is 4.40. The lowest BCUT2D eigenvalue weighted by Gasteiger charge is -2.35. The first-order valence-corrected chi connectivity index (χ1v) is 6.78. The Morgan fingerprint density at radius 3 is 2.24 bits per heavy atom. The van der Waals surface area contributed by atoms with E-state index < -0.39 is 0 Å². The molecule has 0 spiro atoms. The van der Waals surface area contributed by atoms with Crippen molar-refractivity contribution in [1.82, 2.24) is 4.90 Å². The first kappa shape index (κ1) is 12.8. The second-order valence-electron chi connectivity index (χ2n) is 5.37. The van der Waals surface area contributed by atoms with E-state index in [0.717, 1.165) is 51.6 Å². The molecule has 1 amide bonds. The van der Waals surface area contributed by atoms with E-state index in [0.29, 0.717) is 18.1 Å². The number of likely N-dealkylation sites (tertiary alicyclic amines) is 1. The predicted octanol–water partition coefficient (Wildman–Crippen LogP) is 1.14. The van der Waals surface area contributed by atoms with Gasteiger partial charge in [-0.1, -0.05) is 0 Å². The van der Waals surface area contributed by atoms with Crippen LogP contribution >= 0.6 is 0 Å². The van der Waals surface area contributed by atoms with Crippen molar-refractivity contribution >= 4 is 5.91 Å². The number of amides is 1. The summed E-state index contributed by atoms with van der Waals surface area (Å²) in [6.45, 7) is 1.70. The number of nitrogens with zero attached hydrogens (tertiary/aromatic N) is 1. The lowest BCUT2D eigenvalue weighted by molar-refractivity contribution is -0.138. The minimum atomic E-state index is 0.232. The molecule has 0 aromatic carbocycles. The van der Waals surface area contributed by atoms with Crippen molar-refractivity contribution in [2.24, 2.45) is 11.7 Å². The molecule has 1 heterocycles. The van der Waals surface area contributed by atoms with Crippen molar-refractivity contribution in [2.45, 2.75) is 50.7 Å². The molecule has 17 heavy (non-hydrogen) atoms. The maximum atomic E-state index is 12.3. The average Bonchev–Trinajstić information content (AvgIpc) is 2.39. The predicted molar refractivity (Wildman–Crippen MR) is 66.5 cm³/mol. The van der Waals surface area contributed by atoms with E-state index in [-0.39, 0.29) is 5.92 Å². The average molecular weight is 240 g/mol. The van der Waals surface area contributed by atoms with Gasteiger partial charge in [-0.3, -0.25) is 4.79 Å². The van der Waals surface area contributed by atoms with Crippen LogP contribution in [-0.2, 0) is 9.53 Å². The van der Waals surface area contributed by atoms with Crippen molar-refractivity contribution in [3.8, 4) is 0 Å². The molecule has 1 aliphatic heterocycles. The highest BCUT2D eigenvalue weighted by molar-refractivity contribution is 5.79. The minimum absolute atomic E-state index is 0.232. The summed E-state index contributed by atoms with van der Waals surface area (Å²) in [4.78, 5) is 14.3. The molecule has 0 radical (unpaired) electrons. The summed E-state index contributed by atoms with van der Waals surface area (Å²) < 4.78 is 5.34. The van der Waals surface area contributed by atoms with Crippen LogP contribution in [0, 0.1) is 5.92 Å². The second kappa shape index (κ2) is 5.83. The van der Waals surface area contributed by atoms with Crippen molar-refractivity contribution in [3.63, 3.8) is 0 Å². The molecular formula is C13H24N2O2. The first-order chi connectivity index (χ1) is 8.20. The number of piperidine rings is 1. The second-order valence-corrected chi connectivity index (χ2v) is 5.37. The van der Waals surface area contributed by atoms with E-state index >= 15 is 0 Å². The molecule has 0 unspecified atom stereocenters. The number of nitrogens with two attached hydrogens (primary N) is 1. The smallest absolute Gasteiger partial charge is 0.225 e. The highest BCUT2D eigenvalue weighted by atomic mass is 16.5. The van der Waals surface area contributed by atoms with Crippen LogP contribution < -0.4 is 5.73 Å². The van der Waals surface area contributed by atoms with Crippen molar-refractivity contribution in [3.05, 3.63) is 0 Å². The topological polar surface area (TPSA) is 55.6 Å². The van der Waals surface area contributed by atoms with Crippen LogP contribution in [0.15, 0.2) is 0 Å². The van der Waals surface area contributed by atoms with Crippen LogP contribution in [0.4, 0.5) is 0 Å². The quantitative estimate of drug-likeness (QED) is 0.787. The number of carbonyl (C=O) groups excluding carboxylic acids is 1. The number of hydrogen-bond donors (Lipinski definition) is 1. The normalized spacial score (nSPS) is 31.5. The van der Waals surface area contributed by atoms with E-state index in [9.17, 15) is 4.79 Å². The van der Waals surface area contributed by atoms with Gasteiger partial charge in [0.1, 0.15) is 0 Å². The Morgan fingerprint density at radius 2 is 1.71 bits per heavy atom. The zero-order valence-electron chi connectivity index (χ0n) is 10.7. The highest BCUT2D eigenvalue weighted by Gasteiger charge is 2.30. The molecule has 98 valence electrons. The molecule has 2 aliphatic rings. The van der Waals surface area contributed by atoms with Gasteiger partial charge in [-0.05, 0) is 38.5 Å². The molecule has 2 fully saturated rings. The van der Waals surface area contributed by atoms with Gasteiger partial charge in [-0.2, -0.15) is 0 Å². The van der Waals surface area contributed by atoms with E-state index in [1.807, 2.05) is 4.90 Å². The largest absolute Gasteiger partial charge is 0.381 e. The van der Waals surface area contributed by atoms with Gasteiger partial charge in [-0.15, -0.1) is 0 Å². The molecular weight excluding hydrogens is 216 g/mol. The Bertz CT molecular complexity index is 254. The molecule has 0 aromatic heterocycles. The molecule has 2 rings (SSSR count). The van der Waals surface area contributed by atoms with E-state index in [1.165, 1.54) is 0 Å². The summed E-state index contributed by atoms with van der Waals surface area (Å²) in [5.74, 6) is 0.585. The fourth-order valence-corrected chi connectivity index (χ4v) is 2.92. The van der Waals surface area contributed by atoms with Crippen LogP contribution in [0.1, 0.15) is 38.5 Å². The number of hydrogen-bond acceptors (Lipinski definition) is 3. The summed E-state index contributed by atoms with van der Waals surface area (Å²) in [5.41, 5.74) is 5.86. The Hall–Kier alpha value is -0.610. The van der Waals surface area contributed by atoms with Gasteiger partial charge >= 0.3 is 0 Å². The number of ether oxygens (including phenoxy) is 1. The Labute approximate surface area is 103 Å². The van der Waals surface area contributed by atoms with E-state index in [2.05, 4.69) is 0 Å². The fourth-order valence-electron chi connectivity index (χ4n) is 2.92. The van der Waals surface area contributed by atoms with E-state index in [4.69, 9.17) is 10.5 Å². The maximum Gasteiger partial charge on any atom is 0.225 e. The monoisotopic (exact) mass is 240 g/mol. The van der Waals surface area contributed by atoms with Crippen LogP contribution in [0.3, 0.4) is 0 Å².